The standard InChI is InChI=1S/C16H28N2O4/c19-15-5-1-3-7-17(15)9-11-21-13-14-22-12-10-18-8-4-2-6-16(18)20/h1-14H2. The number of hydrogen-bond donors (Lipinski definition) is 0. The topological polar surface area (TPSA) is 59.1 Å². The number of rotatable bonds is 9. The van der Waals surface area contributed by atoms with E-state index in [1.54, 1.807) is 0 Å². The van der Waals surface area contributed by atoms with Crippen molar-refractivity contribution in [2.24, 2.45) is 0 Å². The number of piperidine rings is 2. The molecule has 2 fully saturated rings. The van der Waals surface area contributed by atoms with Crippen molar-refractivity contribution in [2.75, 3.05) is 52.6 Å². The monoisotopic (exact) mass is 312 g/mol. The van der Waals surface area contributed by atoms with Gasteiger partial charge in [0.25, 0.3) is 0 Å². The summed E-state index contributed by atoms with van der Waals surface area (Å²) in [7, 11) is 0. The van der Waals surface area contributed by atoms with Crippen molar-refractivity contribution in [3.8, 4) is 0 Å². The van der Waals surface area contributed by atoms with Crippen LogP contribution in [0.3, 0.4) is 0 Å². The van der Waals surface area contributed by atoms with E-state index < -0.39 is 0 Å². The average Bonchev–Trinajstić information content (AvgIpc) is 2.53. The first-order valence-electron chi connectivity index (χ1n) is 8.48. The van der Waals surface area contributed by atoms with E-state index in [-0.39, 0.29) is 11.8 Å². The fraction of sp³-hybridized carbons (Fsp3) is 0.875. The van der Waals surface area contributed by atoms with Crippen molar-refractivity contribution in [2.45, 2.75) is 38.5 Å². The molecule has 0 radical (unpaired) electrons. The van der Waals surface area contributed by atoms with Crippen LogP contribution in [-0.2, 0) is 19.1 Å². The molecule has 0 aromatic rings. The highest BCUT2D eigenvalue weighted by molar-refractivity contribution is 5.77. The third-order valence-corrected chi connectivity index (χ3v) is 4.23. The maximum absolute atomic E-state index is 11.6. The lowest BCUT2D eigenvalue weighted by atomic mass is 10.1. The molecule has 0 bridgehead atoms. The van der Waals surface area contributed by atoms with Crippen LogP contribution in [0.4, 0.5) is 0 Å². The Balaban J connectivity index is 1.41. The molecule has 126 valence electrons. The predicted octanol–water partition coefficient (Wildman–Crippen LogP) is 1.04. The molecule has 6 nitrogen and oxygen atoms in total. The zero-order chi connectivity index (χ0) is 15.6. The molecule has 2 aliphatic rings. The fourth-order valence-electron chi connectivity index (χ4n) is 2.87. The highest BCUT2D eigenvalue weighted by Crippen LogP contribution is 2.10. The van der Waals surface area contributed by atoms with Crippen LogP contribution in [0.25, 0.3) is 0 Å². The SMILES string of the molecule is O=C1CCCCN1CCOCCOCCN1CCCCC1=O. The van der Waals surface area contributed by atoms with Gasteiger partial charge in [0, 0.05) is 39.0 Å². The molecular weight excluding hydrogens is 284 g/mol. The number of likely N-dealkylation sites (tertiary alicyclic amines) is 2. The molecule has 2 saturated heterocycles. The molecule has 6 heteroatoms. The Morgan fingerprint density at radius 1 is 0.682 bits per heavy atom. The second-order valence-corrected chi connectivity index (χ2v) is 5.90. The Kier molecular flexibility index (Phi) is 7.66. The third kappa shape index (κ3) is 5.93. The second kappa shape index (κ2) is 9.79. The Morgan fingerprint density at radius 3 is 1.55 bits per heavy atom. The van der Waals surface area contributed by atoms with Gasteiger partial charge >= 0.3 is 0 Å². The van der Waals surface area contributed by atoms with Gasteiger partial charge in [-0.1, -0.05) is 0 Å². The number of hydrogen-bond acceptors (Lipinski definition) is 4. The minimum Gasteiger partial charge on any atom is -0.377 e. The van der Waals surface area contributed by atoms with E-state index in [4.69, 9.17) is 9.47 Å². The molecule has 0 aromatic carbocycles. The van der Waals surface area contributed by atoms with Crippen LogP contribution >= 0.6 is 0 Å². The molecule has 0 spiro atoms. The highest BCUT2D eigenvalue weighted by atomic mass is 16.5. The molecule has 0 atom stereocenters. The van der Waals surface area contributed by atoms with Gasteiger partial charge in [-0.15, -0.1) is 0 Å². The van der Waals surface area contributed by atoms with Crippen molar-refractivity contribution in [3.05, 3.63) is 0 Å². The number of carbonyl (C=O) groups is 2. The summed E-state index contributed by atoms with van der Waals surface area (Å²) in [5.41, 5.74) is 0. The summed E-state index contributed by atoms with van der Waals surface area (Å²) in [6.07, 6.45) is 5.60. The number of carbonyl (C=O) groups excluding carboxylic acids is 2. The Labute approximate surface area is 132 Å². The van der Waals surface area contributed by atoms with Gasteiger partial charge < -0.3 is 19.3 Å². The van der Waals surface area contributed by atoms with E-state index in [1.807, 2.05) is 9.80 Å². The smallest absolute Gasteiger partial charge is 0.222 e. The first kappa shape index (κ1) is 17.2. The van der Waals surface area contributed by atoms with Crippen LogP contribution in [0.1, 0.15) is 38.5 Å². The average molecular weight is 312 g/mol. The molecule has 2 amide bonds. The van der Waals surface area contributed by atoms with Crippen LogP contribution in [-0.4, -0.2) is 74.2 Å². The molecule has 0 unspecified atom stereocenters. The first-order valence-corrected chi connectivity index (χ1v) is 8.48. The number of nitrogens with zero attached hydrogens (tertiary/aromatic N) is 2. The first-order chi connectivity index (χ1) is 10.8. The van der Waals surface area contributed by atoms with E-state index in [2.05, 4.69) is 0 Å². The van der Waals surface area contributed by atoms with Gasteiger partial charge in [-0.3, -0.25) is 9.59 Å². The van der Waals surface area contributed by atoms with Gasteiger partial charge in [-0.25, -0.2) is 0 Å². The summed E-state index contributed by atoms with van der Waals surface area (Å²) in [6, 6.07) is 0. The van der Waals surface area contributed by atoms with Crippen molar-refractivity contribution in [1.82, 2.24) is 9.80 Å². The Hall–Kier alpha value is -1.14. The molecule has 2 rings (SSSR count). The van der Waals surface area contributed by atoms with Crippen LogP contribution < -0.4 is 0 Å². The second-order valence-electron chi connectivity index (χ2n) is 5.90. The lowest BCUT2D eigenvalue weighted by Crippen LogP contribution is -2.38. The van der Waals surface area contributed by atoms with Gasteiger partial charge in [0.15, 0.2) is 0 Å². The molecule has 22 heavy (non-hydrogen) atoms. The minimum atomic E-state index is 0.247. The Bertz CT molecular complexity index is 328. The van der Waals surface area contributed by atoms with Crippen molar-refractivity contribution in [3.63, 3.8) is 0 Å². The van der Waals surface area contributed by atoms with Crippen LogP contribution in [0.2, 0.25) is 0 Å². The molecular formula is C16H28N2O4. The molecule has 2 heterocycles. The zero-order valence-electron chi connectivity index (χ0n) is 13.4. The van der Waals surface area contributed by atoms with Gasteiger partial charge in [0.05, 0.1) is 26.4 Å². The van der Waals surface area contributed by atoms with Gasteiger partial charge in [0.2, 0.25) is 11.8 Å². The normalized spacial score (nSPS) is 19.8. The van der Waals surface area contributed by atoms with Gasteiger partial charge in [-0.2, -0.15) is 0 Å². The lowest BCUT2D eigenvalue weighted by molar-refractivity contribution is -0.135. The summed E-state index contributed by atoms with van der Waals surface area (Å²) in [5.74, 6) is 0.495. The lowest BCUT2D eigenvalue weighted by Gasteiger charge is -2.26. The highest BCUT2D eigenvalue weighted by Gasteiger charge is 2.18. The molecule has 0 aliphatic carbocycles. The van der Waals surface area contributed by atoms with Crippen molar-refractivity contribution >= 4 is 11.8 Å². The van der Waals surface area contributed by atoms with Crippen LogP contribution in [0.5, 0.6) is 0 Å². The van der Waals surface area contributed by atoms with E-state index in [1.165, 1.54) is 0 Å². The van der Waals surface area contributed by atoms with E-state index in [9.17, 15) is 9.59 Å². The largest absolute Gasteiger partial charge is 0.377 e. The maximum Gasteiger partial charge on any atom is 0.222 e. The van der Waals surface area contributed by atoms with Gasteiger partial charge in [0.1, 0.15) is 0 Å². The van der Waals surface area contributed by atoms with Gasteiger partial charge in [-0.05, 0) is 25.7 Å². The molecule has 2 aliphatic heterocycles. The number of amides is 2. The summed E-state index contributed by atoms with van der Waals surface area (Å²) in [4.78, 5) is 26.9. The summed E-state index contributed by atoms with van der Waals surface area (Å²) < 4.78 is 11.0. The van der Waals surface area contributed by atoms with E-state index in [0.717, 1.165) is 38.8 Å². The van der Waals surface area contributed by atoms with Crippen molar-refractivity contribution < 1.29 is 19.1 Å². The number of ether oxygens (including phenoxy) is 2. The summed E-state index contributed by atoms with van der Waals surface area (Å²) in [6.45, 7) is 5.30. The quantitative estimate of drug-likeness (QED) is 0.597. The third-order valence-electron chi connectivity index (χ3n) is 4.23. The molecule has 0 aromatic heterocycles. The zero-order valence-corrected chi connectivity index (χ0v) is 13.4. The maximum atomic E-state index is 11.6. The molecule has 0 saturated carbocycles. The Morgan fingerprint density at radius 2 is 1.14 bits per heavy atom. The minimum absolute atomic E-state index is 0.247. The fourth-order valence-corrected chi connectivity index (χ4v) is 2.87. The summed E-state index contributed by atoms with van der Waals surface area (Å²) in [5, 5.41) is 0. The summed E-state index contributed by atoms with van der Waals surface area (Å²) >= 11 is 0. The van der Waals surface area contributed by atoms with Crippen LogP contribution in [0.15, 0.2) is 0 Å². The predicted molar refractivity (Wildman–Crippen MR) is 82.5 cm³/mol. The van der Waals surface area contributed by atoms with Crippen molar-refractivity contribution in [1.29, 1.82) is 0 Å². The van der Waals surface area contributed by atoms with Crippen LogP contribution in [0, 0.1) is 0 Å². The molecule has 0 N–H and O–H groups in total. The van der Waals surface area contributed by atoms with E-state index in [0.29, 0.717) is 52.4 Å². The van der Waals surface area contributed by atoms with E-state index >= 15 is 0 Å².